The first-order valence-corrected chi connectivity index (χ1v) is 20.9. The number of rotatable bonds is 20. The van der Waals surface area contributed by atoms with Gasteiger partial charge in [-0.2, -0.15) is 0 Å². The Balaban J connectivity index is 2.13. The highest BCUT2D eigenvalue weighted by molar-refractivity contribution is 6.53. The minimum Gasteiger partial charge on any atom is -0.345 e. The van der Waals surface area contributed by atoms with Crippen LogP contribution in [0.15, 0.2) is 0 Å². The minimum absolute atomic E-state index is 0.186. The summed E-state index contributed by atoms with van der Waals surface area (Å²) in [7, 11) is 0. The van der Waals surface area contributed by atoms with E-state index in [2.05, 4.69) is 31.9 Å². The summed E-state index contributed by atoms with van der Waals surface area (Å²) in [5.41, 5.74) is 0. The molecule has 0 radical (unpaired) electrons. The van der Waals surface area contributed by atoms with Crippen LogP contribution in [0, 0.1) is 11.8 Å². The van der Waals surface area contributed by atoms with Crippen molar-refractivity contribution in [3.8, 4) is 0 Å². The molecule has 0 aromatic heterocycles. The first kappa shape index (κ1) is 51.5. The van der Waals surface area contributed by atoms with Crippen molar-refractivity contribution < 1.29 is 52.7 Å². The number of nitrogens with one attached hydrogen (secondary N) is 6. The van der Waals surface area contributed by atoms with Crippen LogP contribution < -0.4 is 31.9 Å². The van der Waals surface area contributed by atoms with Gasteiger partial charge in [0.2, 0.25) is 47.3 Å². The number of carbonyl (C=O) groups is 11. The summed E-state index contributed by atoms with van der Waals surface area (Å²) in [5.74, 6) is -8.94. The number of carbonyl (C=O) groups excluding carboxylic acids is 11. The molecular formula is C39H60Cl2N8O11. The van der Waals surface area contributed by atoms with Crippen LogP contribution in [0.5, 0.6) is 0 Å². The van der Waals surface area contributed by atoms with Gasteiger partial charge in [-0.1, -0.05) is 27.7 Å². The number of hydrogen-bond donors (Lipinski definition) is 6. The van der Waals surface area contributed by atoms with E-state index in [4.69, 9.17) is 23.2 Å². The highest BCUT2D eigenvalue weighted by atomic mass is 35.5. The second kappa shape index (κ2) is 22.8. The summed E-state index contributed by atoms with van der Waals surface area (Å²) < 4.78 is 0. The molecule has 10 atom stereocenters. The molecule has 2 unspecified atom stereocenters. The van der Waals surface area contributed by atoms with E-state index in [0.717, 1.165) is 0 Å². The third-order valence-electron chi connectivity index (χ3n) is 10.3. The molecule has 2 saturated heterocycles. The summed E-state index contributed by atoms with van der Waals surface area (Å²) in [6.07, 6.45) is 1.37. The molecule has 0 aromatic rings. The SMILES string of the molecule is CC(=O)N[C@@H](C)C(=O)N[C@@H](C)C(=O)N1CCC[C@H]1C(=O)N[C@H](C(=O)C(Cl)C(=O)C(Cl)C(=O)[C@@H](NC(=O)[C@@H]1CCCN1C(=O)[C@H](C)NC(=O)[C@H](C)NC(C)=O)C(C)C)C(C)C. The van der Waals surface area contributed by atoms with Crippen molar-refractivity contribution >= 4 is 87.8 Å². The fourth-order valence-corrected chi connectivity index (χ4v) is 7.59. The van der Waals surface area contributed by atoms with Gasteiger partial charge in [-0.3, -0.25) is 52.7 Å². The van der Waals surface area contributed by atoms with Gasteiger partial charge in [0.25, 0.3) is 0 Å². The number of hydrogen-bond acceptors (Lipinski definition) is 11. The van der Waals surface area contributed by atoms with Crippen molar-refractivity contribution in [2.45, 2.75) is 154 Å². The van der Waals surface area contributed by atoms with E-state index in [0.29, 0.717) is 12.8 Å². The zero-order chi connectivity index (χ0) is 45.9. The van der Waals surface area contributed by atoms with Crippen molar-refractivity contribution in [2.75, 3.05) is 13.1 Å². The maximum absolute atomic E-state index is 13.7. The van der Waals surface area contributed by atoms with E-state index in [-0.39, 0.29) is 25.9 Å². The lowest BCUT2D eigenvalue weighted by Gasteiger charge is -2.31. The first-order valence-electron chi connectivity index (χ1n) is 20.1. The molecule has 60 heavy (non-hydrogen) atoms. The van der Waals surface area contributed by atoms with Crippen molar-refractivity contribution in [1.82, 2.24) is 41.7 Å². The molecule has 0 saturated carbocycles. The third-order valence-corrected chi connectivity index (χ3v) is 11.2. The quantitative estimate of drug-likeness (QED) is 0.0653. The van der Waals surface area contributed by atoms with E-state index in [9.17, 15) is 52.7 Å². The minimum atomic E-state index is -2.00. The molecule has 2 heterocycles. The molecule has 8 amide bonds. The molecule has 0 aromatic carbocycles. The number of ketones is 3. The van der Waals surface area contributed by atoms with Crippen molar-refractivity contribution in [2.24, 2.45) is 11.8 Å². The van der Waals surface area contributed by atoms with E-state index in [1.807, 2.05) is 0 Å². The second-order valence-corrected chi connectivity index (χ2v) is 16.9. The molecule has 2 aliphatic rings. The standard InChI is InChI=1S/C39H60Cl2N8O11/c1-17(2)29(46-36(57)25-13-11-15-48(25)38(59)21(7)44-34(55)19(5)42-23(9)50)32(53)27(40)31(52)28(41)33(54)30(18(3)4)47-37(58)26-14-12-16-49(26)39(60)22(8)45-35(56)20(6)43-24(10)51/h17-22,25-30H,11-16H2,1-10H3,(H,42,50)(H,43,51)(H,44,55)(H,45,56)(H,46,57)(H,47,58)/t19-,20-,21-,22-,25-,26-,27?,28?,29-,30-/m0/s1. The van der Waals surface area contributed by atoms with Gasteiger partial charge in [0, 0.05) is 26.9 Å². The van der Waals surface area contributed by atoms with Gasteiger partial charge in [-0.15, -0.1) is 23.2 Å². The molecule has 2 aliphatic heterocycles. The van der Waals surface area contributed by atoms with Gasteiger partial charge < -0.3 is 41.7 Å². The number of Topliss-reactive ketones (excluding diaryl/α,β-unsaturated/α-hetero) is 3. The van der Waals surface area contributed by atoms with Crippen molar-refractivity contribution in [1.29, 1.82) is 0 Å². The fraction of sp³-hybridized carbons (Fsp3) is 0.718. The highest BCUT2D eigenvalue weighted by Crippen LogP contribution is 2.23. The number of amides is 8. The van der Waals surface area contributed by atoms with E-state index >= 15 is 0 Å². The Bertz CT molecular complexity index is 1580. The van der Waals surface area contributed by atoms with Crippen LogP contribution in [0.25, 0.3) is 0 Å². The van der Waals surface area contributed by atoms with Gasteiger partial charge in [0.1, 0.15) is 36.3 Å². The lowest BCUT2D eigenvalue weighted by molar-refractivity contribution is -0.142. The molecule has 0 bridgehead atoms. The summed E-state index contributed by atoms with van der Waals surface area (Å²) >= 11 is 12.8. The van der Waals surface area contributed by atoms with Crippen LogP contribution in [0.3, 0.4) is 0 Å². The zero-order valence-corrected chi connectivity index (χ0v) is 37.3. The molecular weight excluding hydrogens is 827 g/mol. The van der Waals surface area contributed by atoms with Crippen LogP contribution in [0.4, 0.5) is 0 Å². The summed E-state index contributed by atoms with van der Waals surface area (Å²) in [5, 5.41) is 11.1. The number of likely N-dealkylation sites (tertiary alicyclic amines) is 2. The zero-order valence-electron chi connectivity index (χ0n) is 35.8. The van der Waals surface area contributed by atoms with Crippen molar-refractivity contribution in [3.63, 3.8) is 0 Å². The van der Waals surface area contributed by atoms with Gasteiger partial charge in [0.15, 0.2) is 28.1 Å². The van der Waals surface area contributed by atoms with Gasteiger partial charge in [0.05, 0.1) is 12.1 Å². The molecule has 21 heteroatoms. The average molecular weight is 888 g/mol. The lowest BCUT2D eigenvalue weighted by Crippen LogP contribution is -2.58. The molecule has 0 spiro atoms. The largest absolute Gasteiger partial charge is 0.345 e. The van der Waals surface area contributed by atoms with Crippen LogP contribution in [0.1, 0.15) is 94.9 Å². The number of alkyl halides is 2. The number of nitrogens with zero attached hydrogens (tertiary/aromatic N) is 2. The van der Waals surface area contributed by atoms with E-state index in [1.54, 1.807) is 27.7 Å². The van der Waals surface area contributed by atoms with Crippen molar-refractivity contribution in [3.05, 3.63) is 0 Å². The second-order valence-electron chi connectivity index (χ2n) is 16.1. The molecule has 19 nitrogen and oxygen atoms in total. The molecule has 2 rings (SSSR count). The fourth-order valence-electron chi connectivity index (χ4n) is 7.00. The van der Waals surface area contributed by atoms with E-state index in [1.165, 1.54) is 51.3 Å². The molecule has 2 fully saturated rings. The Hall–Kier alpha value is -4.65. The first-order chi connectivity index (χ1) is 27.8. The van der Waals surface area contributed by atoms with Crippen LogP contribution >= 0.6 is 23.2 Å². The normalized spacial score (nSPS) is 20.4. The summed E-state index contributed by atoms with van der Waals surface area (Å²) in [6.45, 7) is 15.0. The van der Waals surface area contributed by atoms with Gasteiger partial charge in [-0.25, -0.2) is 0 Å². The number of halogens is 2. The van der Waals surface area contributed by atoms with Gasteiger partial charge in [-0.05, 0) is 65.2 Å². The van der Waals surface area contributed by atoms with Crippen LogP contribution in [-0.2, 0) is 52.7 Å². The maximum atomic E-state index is 13.7. The summed E-state index contributed by atoms with van der Waals surface area (Å²) in [4.78, 5) is 145. The predicted octanol–water partition coefficient (Wildman–Crippen LogP) is -0.769. The predicted molar refractivity (Wildman–Crippen MR) is 219 cm³/mol. The van der Waals surface area contributed by atoms with E-state index < -0.39 is 136 Å². The summed E-state index contributed by atoms with van der Waals surface area (Å²) in [6, 6.07) is -8.67. The Kier molecular flexibility index (Phi) is 19.6. The Morgan fingerprint density at radius 2 is 0.783 bits per heavy atom. The third kappa shape index (κ3) is 13.7. The average Bonchev–Trinajstić information content (AvgIpc) is 3.87. The molecule has 6 N–H and O–H groups in total. The lowest BCUT2D eigenvalue weighted by atomic mass is 9.91. The topological polar surface area (TPSA) is 266 Å². The smallest absolute Gasteiger partial charge is 0.245 e. The maximum Gasteiger partial charge on any atom is 0.245 e. The van der Waals surface area contributed by atoms with Gasteiger partial charge >= 0.3 is 0 Å². The molecule has 0 aliphatic carbocycles. The highest BCUT2D eigenvalue weighted by Gasteiger charge is 2.44. The Labute approximate surface area is 360 Å². The molecule has 336 valence electrons. The van der Waals surface area contributed by atoms with Crippen LogP contribution in [0.2, 0.25) is 0 Å². The Morgan fingerprint density at radius 3 is 1.07 bits per heavy atom. The van der Waals surface area contributed by atoms with Crippen LogP contribution in [-0.4, -0.2) is 147 Å². The monoisotopic (exact) mass is 886 g/mol. The Morgan fingerprint density at radius 1 is 0.467 bits per heavy atom.